The van der Waals surface area contributed by atoms with Crippen molar-refractivity contribution in [3.8, 4) is 5.75 Å². The lowest BCUT2D eigenvalue weighted by atomic mass is 9.68. The maximum absolute atomic E-state index is 13.8. The van der Waals surface area contributed by atoms with E-state index in [1.165, 1.54) is 21.8 Å². The van der Waals surface area contributed by atoms with Crippen LogP contribution < -0.4 is 14.5 Å². The second-order valence-electron chi connectivity index (χ2n) is 11.6. The number of hydrogen-bond donors (Lipinski definition) is 1. The summed E-state index contributed by atoms with van der Waals surface area (Å²) in [7, 11) is 0. The van der Waals surface area contributed by atoms with Crippen molar-refractivity contribution < 1.29 is 14.3 Å². The third-order valence-electron chi connectivity index (χ3n) is 9.63. The molecule has 3 aromatic carbocycles. The van der Waals surface area contributed by atoms with E-state index in [-0.39, 0.29) is 57.4 Å². The molecule has 5 unspecified atom stereocenters. The summed E-state index contributed by atoms with van der Waals surface area (Å²) in [5.41, 5.74) is 4.14. The molecule has 1 saturated heterocycles. The van der Waals surface area contributed by atoms with E-state index < -0.39 is 0 Å². The van der Waals surface area contributed by atoms with Crippen molar-refractivity contribution in [3.05, 3.63) is 110 Å². The number of nitrogens with one attached hydrogen (secondary N) is 1. The number of amides is 2. The number of H-pyrrole nitrogens is 1. The molecule has 206 valence electrons. The first-order valence-electron chi connectivity index (χ1n) is 14.1. The normalized spacial score (nSPS) is 29.4. The third kappa shape index (κ3) is 3.80. The van der Waals surface area contributed by atoms with E-state index in [2.05, 4.69) is 36.2 Å². The topological polar surface area (TPSA) is 79.5 Å². The van der Waals surface area contributed by atoms with Crippen molar-refractivity contribution in [1.29, 1.82) is 0 Å². The molecule has 2 aliphatic carbocycles. The van der Waals surface area contributed by atoms with Crippen molar-refractivity contribution >= 4 is 40.6 Å². The van der Waals surface area contributed by atoms with Gasteiger partial charge in [0.05, 0.1) is 22.5 Å². The van der Waals surface area contributed by atoms with Gasteiger partial charge in [0.2, 0.25) is 11.8 Å². The lowest BCUT2D eigenvalue weighted by Crippen LogP contribution is -2.42. The molecule has 4 aliphatic rings. The smallest absolute Gasteiger partial charge is 0.305 e. The molecule has 0 radical (unpaired) electrons. The second-order valence-corrected chi connectivity index (χ2v) is 13.8. The fraction of sp³-hybridized carbons (Fsp3) is 0.303. The molecule has 41 heavy (non-hydrogen) atoms. The molecule has 2 aliphatic heterocycles. The predicted octanol–water partition coefficient (Wildman–Crippen LogP) is 6.00. The van der Waals surface area contributed by atoms with Gasteiger partial charge in [-0.2, -0.15) is 0 Å². The Bertz CT molecular complexity index is 1730. The van der Waals surface area contributed by atoms with Gasteiger partial charge < -0.3 is 9.72 Å². The molecule has 8 heteroatoms. The minimum atomic E-state index is -0.300. The highest BCUT2D eigenvalue weighted by atomic mass is 32.2. The van der Waals surface area contributed by atoms with Crippen LogP contribution in [0.5, 0.6) is 5.75 Å². The van der Waals surface area contributed by atoms with Crippen LogP contribution in [0.2, 0.25) is 0 Å². The van der Waals surface area contributed by atoms with Gasteiger partial charge in [0, 0.05) is 16.0 Å². The first-order valence-corrected chi connectivity index (χ1v) is 15.8. The van der Waals surface area contributed by atoms with Gasteiger partial charge in [0.15, 0.2) is 0 Å². The summed E-state index contributed by atoms with van der Waals surface area (Å²) in [6, 6.07) is 25.8. The number of thioether (sulfide) groups is 1. The van der Waals surface area contributed by atoms with Gasteiger partial charge in [-0.25, -0.2) is 0 Å². The largest absolute Gasteiger partial charge is 0.489 e. The summed E-state index contributed by atoms with van der Waals surface area (Å²) >= 11 is 3.00. The van der Waals surface area contributed by atoms with E-state index in [9.17, 15) is 14.4 Å². The Balaban J connectivity index is 1.12. The van der Waals surface area contributed by atoms with E-state index in [0.717, 1.165) is 33.2 Å². The molecule has 3 fully saturated rings. The number of para-hydroxylation sites is 1. The standard InChI is InChI=1S/C33H28N2O4S2/c1-17-7-5-6-8-19(17)16-39-21-13-11-18(12-14-21)24-25-22-15-23(28(25)40-30-29(24)41-33(38)34-30)27-26(22)31(36)35(32(27)37)20-9-3-2-4-10-20/h2-14,22-28H,15-16H2,1H3,(H,34,38)/t22-,23-,24?,25?,26?,27?,28?/m1/s1. The van der Waals surface area contributed by atoms with Gasteiger partial charge >= 0.3 is 4.87 Å². The quantitative estimate of drug-likeness (QED) is 0.293. The van der Waals surface area contributed by atoms with Gasteiger partial charge in [-0.1, -0.05) is 65.9 Å². The number of aromatic amines is 1. The number of rotatable bonds is 5. The number of ether oxygens (including phenoxy) is 1. The molecular formula is C33H28N2O4S2. The Labute approximate surface area is 245 Å². The Morgan fingerprint density at radius 2 is 1.59 bits per heavy atom. The molecule has 2 saturated carbocycles. The van der Waals surface area contributed by atoms with E-state index in [1.54, 1.807) is 11.8 Å². The zero-order valence-corrected chi connectivity index (χ0v) is 24.0. The van der Waals surface area contributed by atoms with Gasteiger partial charge in [-0.05, 0) is 72.1 Å². The molecule has 8 rings (SSSR count). The lowest BCUT2D eigenvalue weighted by Gasteiger charge is -2.43. The molecule has 3 heterocycles. The van der Waals surface area contributed by atoms with Crippen LogP contribution in [0.1, 0.15) is 33.9 Å². The van der Waals surface area contributed by atoms with Crippen molar-refractivity contribution in [2.45, 2.75) is 36.1 Å². The maximum Gasteiger partial charge on any atom is 0.305 e. The van der Waals surface area contributed by atoms with Crippen molar-refractivity contribution in [1.82, 2.24) is 4.98 Å². The third-order valence-corrected chi connectivity index (χ3v) is 12.2. The summed E-state index contributed by atoms with van der Waals surface area (Å²) in [5.74, 6) is 0.470. The Morgan fingerprint density at radius 1 is 0.878 bits per heavy atom. The number of nitrogens with zero attached hydrogens (tertiary/aromatic N) is 1. The van der Waals surface area contributed by atoms with Crippen LogP contribution in [0.25, 0.3) is 0 Å². The number of aryl methyl sites for hydroxylation is 1. The van der Waals surface area contributed by atoms with E-state index in [1.807, 2.05) is 54.6 Å². The molecule has 1 aromatic heterocycles. The number of thiazole rings is 1. The van der Waals surface area contributed by atoms with Gasteiger partial charge in [0.25, 0.3) is 0 Å². The minimum Gasteiger partial charge on any atom is -0.489 e. The first kappa shape index (κ1) is 25.1. The van der Waals surface area contributed by atoms with E-state index in [0.29, 0.717) is 12.3 Å². The van der Waals surface area contributed by atoms with Gasteiger partial charge in [-0.15, -0.1) is 11.8 Å². The highest BCUT2D eigenvalue weighted by Crippen LogP contribution is 2.68. The molecule has 7 atom stereocenters. The SMILES string of the molecule is Cc1ccccc1COc1ccc(C2c3sc(=O)[nH]c3SC3C2[C@H]2C[C@@H]3C3C(=O)N(c4ccccc4)C(=O)C32)cc1. The highest BCUT2D eigenvalue weighted by molar-refractivity contribution is 8.00. The lowest BCUT2D eigenvalue weighted by molar-refractivity contribution is -0.123. The number of aromatic nitrogens is 1. The molecule has 6 nitrogen and oxygen atoms in total. The Kier molecular flexibility index (Phi) is 5.80. The number of hydrogen-bond acceptors (Lipinski definition) is 6. The van der Waals surface area contributed by atoms with E-state index in [4.69, 9.17) is 4.74 Å². The molecule has 1 N–H and O–H groups in total. The fourth-order valence-electron chi connectivity index (χ4n) is 7.93. The monoisotopic (exact) mass is 580 g/mol. The minimum absolute atomic E-state index is 0.00440. The predicted molar refractivity (Wildman–Crippen MR) is 159 cm³/mol. The summed E-state index contributed by atoms with van der Waals surface area (Å²) in [6.45, 7) is 2.59. The Hall–Kier alpha value is -3.62. The van der Waals surface area contributed by atoms with Crippen LogP contribution in [0.3, 0.4) is 0 Å². The van der Waals surface area contributed by atoms with Crippen LogP contribution in [0, 0.1) is 36.5 Å². The van der Waals surface area contributed by atoms with Crippen LogP contribution in [0.4, 0.5) is 5.69 Å². The zero-order valence-electron chi connectivity index (χ0n) is 22.4. The van der Waals surface area contributed by atoms with Crippen LogP contribution >= 0.6 is 23.1 Å². The van der Waals surface area contributed by atoms with Crippen LogP contribution in [0.15, 0.2) is 88.7 Å². The molecule has 4 aromatic rings. The van der Waals surface area contributed by atoms with Gasteiger partial charge in [0.1, 0.15) is 12.4 Å². The van der Waals surface area contributed by atoms with Crippen LogP contribution in [-0.2, 0) is 16.2 Å². The van der Waals surface area contributed by atoms with Gasteiger partial charge in [-0.3, -0.25) is 19.3 Å². The summed E-state index contributed by atoms with van der Waals surface area (Å²) < 4.78 is 6.12. The molecular weight excluding hydrogens is 553 g/mol. The van der Waals surface area contributed by atoms with Crippen molar-refractivity contribution in [2.24, 2.45) is 29.6 Å². The number of carbonyl (C=O) groups is 2. The zero-order chi connectivity index (χ0) is 27.8. The summed E-state index contributed by atoms with van der Waals surface area (Å²) in [6.07, 6.45) is 0.880. The van der Waals surface area contributed by atoms with Crippen molar-refractivity contribution in [2.75, 3.05) is 4.90 Å². The average Bonchev–Trinajstić information content (AvgIpc) is 3.72. The number of benzene rings is 3. The summed E-state index contributed by atoms with van der Waals surface area (Å²) in [5, 5.41) is 1.10. The van der Waals surface area contributed by atoms with Crippen molar-refractivity contribution in [3.63, 3.8) is 0 Å². The number of anilines is 1. The second kappa shape index (κ2) is 9.46. The Morgan fingerprint density at radius 3 is 2.34 bits per heavy atom. The average molecular weight is 581 g/mol. The molecule has 2 amide bonds. The molecule has 2 bridgehead atoms. The first-order chi connectivity index (χ1) is 20.0. The molecule has 0 spiro atoms. The van der Waals surface area contributed by atoms with E-state index >= 15 is 0 Å². The summed E-state index contributed by atoms with van der Waals surface area (Å²) in [4.78, 5) is 45.6. The highest BCUT2D eigenvalue weighted by Gasteiger charge is 2.69. The number of imide groups is 1. The van der Waals surface area contributed by atoms with Crippen LogP contribution in [-0.4, -0.2) is 22.0 Å². The maximum atomic E-state index is 13.8. The fourth-order valence-corrected chi connectivity index (χ4v) is 10.8. The number of carbonyl (C=O) groups excluding carboxylic acids is 2. The number of fused-ring (bicyclic) bond motifs is 9.